The highest BCUT2D eigenvalue weighted by Gasteiger charge is 2.16. The number of hydrogen-bond acceptors (Lipinski definition) is 4. The van der Waals surface area contributed by atoms with E-state index in [0.29, 0.717) is 0 Å². The normalized spacial score (nSPS) is 12.6. The standard InChI is InChI=1S/C8H9ClN2O3S/c1-14-11-8(9)6-4-2-3-5-7(6)15(10,12)13/h2-5H,1H3,(H2,10,12,13)/b11-8-. The van der Waals surface area contributed by atoms with Gasteiger partial charge in [-0.2, -0.15) is 0 Å². The van der Waals surface area contributed by atoms with Crippen molar-refractivity contribution in [2.45, 2.75) is 4.90 Å². The molecule has 0 aromatic heterocycles. The Hall–Kier alpha value is -1.11. The first-order valence-electron chi connectivity index (χ1n) is 3.85. The van der Waals surface area contributed by atoms with E-state index in [1.807, 2.05) is 0 Å². The number of hydrogen-bond donors (Lipinski definition) is 1. The van der Waals surface area contributed by atoms with Crippen LogP contribution in [0.4, 0.5) is 0 Å². The summed E-state index contributed by atoms with van der Waals surface area (Å²) in [5.74, 6) is 0. The zero-order valence-corrected chi connectivity index (χ0v) is 9.42. The summed E-state index contributed by atoms with van der Waals surface area (Å²) in [5.41, 5.74) is 0.212. The number of halogens is 1. The van der Waals surface area contributed by atoms with Crippen molar-refractivity contribution in [3.8, 4) is 0 Å². The molecule has 2 N–H and O–H groups in total. The van der Waals surface area contributed by atoms with Gasteiger partial charge in [0, 0.05) is 5.56 Å². The van der Waals surface area contributed by atoms with Crippen molar-refractivity contribution in [2.75, 3.05) is 7.11 Å². The minimum Gasteiger partial charge on any atom is -0.398 e. The zero-order chi connectivity index (χ0) is 11.5. The average Bonchev–Trinajstić information content (AvgIpc) is 2.17. The monoisotopic (exact) mass is 248 g/mol. The highest BCUT2D eigenvalue weighted by molar-refractivity contribution is 7.89. The van der Waals surface area contributed by atoms with Crippen LogP contribution in [0.15, 0.2) is 34.3 Å². The van der Waals surface area contributed by atoms with Gasteiger partial charge in [-0.15, -0.1) is 0 Å². The number of primary sulfonamides is 1. The van der Waals surface area contributed by atoms with E-state index in [-0.39, 0.29) is 15.6 Å². The minimum atomic E-state index is -3.82. The summed E-state index contributed by atoms with van der Waals surface area (Å²) >= 11 is 5.72. The first-order valence-corrected chi connectivity index (χ1v) is 5.78. The van der Waals surface area contributed by atoms with Crippen LogP contribution < -0.4 is 5.14 Å². The Labute approximate surface area is 92.5 Å². The summed E-state index contributed by atoms with van der Waals surface area (Å²) in [4.78, 5) is 4.36. The number of benzene rings is 1. The summed E-state index contributed by atoms with van der Waals surface area (Å²) < 4.78 is 22.4. The van der Waals surface area contributed by atoms with E-state index >= 15 is 0 Å². The molecule has 0 fully saturated rings. The van der Waals surface area contributed by atoms with Gasteiger partial charge in [-0.05, 0) is 6.07 Å². The lowest BCUT2D eigenvalue weighted by molar-refractivity contribution is 0.214. The lowest BCUT2D eigenvalue weighted by Gasteiger charge is -2.04. The van der Waals surface area contributed by atoms with Crippen LogP contribution in [-0.2, 0) is 14.9 Å². The Bertz CT molecular complexity index is 484. The molecule has 0 radical (unpaired) electrons. The molecule has 5 nitrogen and oxygen atoms in total. The summed E-state index contributed by atoms with van der Waals surface area (Å²) in [7, 11) is -2.51. The third-order valence-corrected chi connectivity index (χ3v) is 2.83. The number of nitrogens with two attached hydrogens (primary N) is 1. The van der Waals surface area contributed by atoms with E-state index in [2.05, 4.69) is 9.99 Å². The molecule has 0 atom stereocenters. The fourth-order valence-electron chi connectivity index (χ4n) is 1.01. The zero-order valence-electron chi connectivity index (χ0n) is 7.84. The maximum Gasteiger partial charge on any atom is 0.238 e. The van der Waals surface area contributed by atoms with E-state index in [1.165, 1.54) is 19.2 Å². The topological polar surface area (TPSA) is 81.8 Å². The van der Waals surface area contributed by atoms with Crippen LogP contribution in [0.25, 0.3) is 0 Å². The van der Waals surface area contributed by atoms with Gasteiger partial charge in [0.2, 0.25) is 10.0 Å². The Morgan fingerprint density at radius 2 is 2.07 bits per heavy atom. The van der Waals surface area contributed by atoms with Gasteiger partial charge in [-0.1, -0.05) is 35.0 Å². The highest BCUT2D eigenvalue weighted by Crippen LogP contribution is 2.16. The second-order valence-electron chi connectivity index (χ2n) is 2.61. The Balaban J connectivity index is 3.37. The van der Waals surface area contributed by atoms with Gasteiger partial charge in [0.05, 0.1) is 4.90 Å². The van der Waals surface area contributed by atoms with E-state index in [9.17, 15) is 8.42 Å². The number of nitrogens with zero attached hydrogens (tertiary/aromatic N) is 1. The molecule has 0 amide bonds. The van der Waals surface area contributed by atoms with Crippen LogP contribution in [0.1, 0.15) is 5.56 Å². The SMILES string of the molecule is CO/N=C(\Cl)c1ccccc1S(N)(=O)=O. The highest BCUT2D eigenvalue weighted by atomic mass is 35.5. The molecule has 15 heavy (non-hydrogen) atoms. The van der Waals surface area contributed by atoms with Crippen molar-refractivity contribution in [1.82, 2.24) is 0 Å². The second kappa shape index (κ2) is 4.61. The van der Waals surface area contributed by atoms with Gasteiger partial charge < -0.3 is 4.84 Å². The Morgan fingerprint density at radius 3 is 2.60 bits per heavy atom. The van der Waals surface area contributed by atoms with Crippen molar-refractivity contribution in [1.29, 1.82) is 0 Å². The smallest absolute Gasteiger partial charge is 0.238 e. The molecule has 0 saturated carbocycles. The predicted molar refractivity (Wildman–Crippen MR) is 57.2 cm³/mol. The van der Waals surface area contributed by atoms with Crippen LogP contribution in [0.3, 0.4) is 0 Å². The molecule has 0 aliphatic rings. The van der Waals surface area contributed by atoms with E-state index in [0.717, 1.165) is 0 Å². The first kappa shape index (κ1) is 12.0. The molecule has 0 saturated heterocycles. The molecule has 1 rings (SSSR count). The van der Waals surface area contributed by atoms with Crippen LogP contribution in [-0.4, -0.2) is 20.7 Å². The van der Waals surface area contributed by atoms with Crippen LogP contribution in [0.5, 0.6) is 0 Å². The number of sulfonamides is 1. The van der Waals surface area contributed by atoms with Crippen molar-refractivity contribution in [2.24, 2.45) is 10.3 Å². The molecule has 0 heterocycles. The molecule has 1 aromatic carbocycles. The summed E-state index contributed by atoms with van der Waals surface area (Å²) in [6.45, 7) is 0. The lowest BCUT2D eigenvalue weighted by Crippen LogP contribution is -2.15. The number of rotatable bonds is 3. The van der Waals surface area contributed by atoms with Gasteiger partial charge in [-0.3, -0.25) is 0 Å². The van der Waals surface area contributed by atoms with Crippen molar-refractivity contribution < 1.29 is 13.3 Å². The maximum atomic E-state index is 11.2. The molecule has 1 aromatic rings. The van der Waals surface area contributed by atoms with Gasteiger partial charge >= 0.3 is 0 Å². The largest absolute Gasteiger partial charge is 0.398 e. The fourth-order valence-corrected chi connectivity index (χ4v) is 2.04. The van der Waals surface area contributed by atoms with Crippen LogP contribution >= 0.6 is 11.6 Å². The molecule has 0 bridgehead atoms. The van der Waals surface area contributed by atoms with E-state index in [1.54, 1.807) is 12.1 Å². The summed E-state index contributed by atoms with van der Waals surface area (Å²) in [6, 6.07) is 6.00. The van der Waals surface area contributed by atoms with Gasteiger partial charge in [0.25, 0.3) is 0 Å². The van der Waals surface area contributed by atoms with E-state index < -0.39 is 10.0 Å². The minimum absolute atomic E-state index is 0.0675. The first-order chi connectivity index (χ1) is 6.96. The maximum absolute atomic E-state index is 11.2. The molecule has 82 valence electrons. The van der Waals surface area contributed by atoms with Gasteiger partial charge in [0.15, 0.2) is 5.17 Å². The molecule has 0 spiro atoms. The Kier molecular flexibility index (Phi) is 3.67. The molecule has 7 heteroatoms. The summed E-state index contributed by atoms with van der Waals surface area (Å²) in [6.07, 6.45) is 0. The fraction of sp³-hybridized carbons (Fsp3) is 0.125. The predicted octanol–water partition coefficient (Wildman–Crippen LogP) is 0.881. The average molecular weight is 249 g/mol. The number of oxime groups is 1. The second-order valence-corrected chi connectivity index (χ2v) is 4.49. The van der Waals surface area contributed by atoms with Crippen LogP contribution in [0.2, 0.25) is 0 Å². The molecule has 0 unspecified atom stereocenters. The van der Waals surface area contributed by atoms with Gasteiger partial charge in [0.1, 0.15) is 7.11 Å². The third-order valence-electron chi connectivity index (χ3n) is 1.59. The van der Waals surface area contributed by atoms with Crippen molar-refractivity contribution >= 4 is 26.8 Å². The molecular formula is C8H9ClN2O3S. The molecular weight excluding hydrogens is 240 g/mol. The van der Waals surface area contributed by atoms with Crippen molar-refractivity contribution in [3.63, 3.8) is 0 Å². The van der Waals surface area contributed by atoms with Crippen molar-refractivity contribution in [3.05, 3.63) is 29.8 Å². The molecule has 0 aliphatic heterocycles. The van der Waals surface area contributed by atoms with E-state index in [4.69, 9.17) is 16.7 Å². The lowest BCUT2D eigenvalue weighted by atomic mass is 10.2. The summed E-state index contributed by atoms with van der Waals surface area (Å²) in [5, 5.41) is 8.37. The molecule has 0 aliphatic carbocycles. The van der Waals surface area contributed by atoms with Crippen LogP contribution in [0, 0.1) is 0 Å². The Morgan fingerprint density at radius 1 is 1.47 bits per heavy atom. The van der Waals surface area contributed by atoms with Gasteiger partial charge in [-0.25, -0.2) is 13.6 Å². The third kappa shape index (κ3) is 2.92. The quantitative estimate of drug-likeness (QED) is 0.637.